The lowest BCUT2D eigenvalue weighted by Gasteiger charge is -2.09. The van der Waals surface area contributed by atoms with E-state index in [1.807, 2.05) is 26.0 Å². The highest BCUT2D eigenvalue weighted by Gasteiger charge is 2.25. The van der Waals surface area contributed by atoms with E-state index in [1.165, 1.54) is 11.8 Å². The monoisotopic (exact) mass is 333 g/mol. The zero-order valence-corrected chi connectivity index (χ0v) is 14.0. The Morgan fingerprint density at radius 1 is 1.26 bits per heavy atom. The van der Waals surface area contributed by atoms with Gasteiger partial charge in [-0.1, -0.05) is 17.8 Å². The topological polar surface area (TPSA) is 83.5 Å². The molecule has 0 saturated carbocycles. The number of hydrogen-bond acceptors (Lipinski definition) is 4. The van der Waals surface area contributed by atoms with Crippen molar-refractivity contribution in [2.75, 3.05) is 5.75 Å². The smallest absolute Gasteiger partial charge is 0.303 e. The predicted molar refractivity (Wildman–Crippen MR) is 89.4 cm³/mol. The highest BCUT2D eigenvalue weighted by Crippen LogP contribution is 2.30. The van der Waals surface area contributed by atoms with E-state index in [0.717, 1.165) is 11.1 Å². The number of carboxylic acids is 1. The number of Topliss-reactive ketones (excluding diaryl/α,β-unsaturated/α-hetero) is 1. The number of nitrogens with one attached hydrogen (secondary N) is 1. The van der Waals surface area contributed by atoms with Gasteiger partial charge in [0.15, 0.2) is 5.78 Å². The second-order valence-corrected chi connectivity index (χ2v) is 6.51. The van der Waals surface area contributed by atoms with Crippen LogP contribution in [0.25, 0.3) is 0 Å². The second kappa shape index (κ2) is 7.46. The number of aryl methyl sites for hydroxylation is 2. The standard InChI is InChI=1S/C17H19NO4S/c1-10-6-7-12(8-11(10)2)16(22)18-17-13(14(19)9-23-17)4-3-5-15(20)21/h6-8H,3-5,9H2,1-2H3,(H,18,22)(H,20,21). The van der Waals surface area contributed by atoms with Crippen LogP contribution in [-0.4, -0.2) is 28.5 Å². The lowest BCUT2D eigenvalue weighted by atomic mass is 10.1. The number of allylic oxidation sites excluding steroid dienone is 1. The van der Waals surface area contributed by atoms with Crippen LogP contribution in [0.3, 0.4) is 0 Å². The molecule has 0 spiro atoms. The maximum atomic E-state index is 12.3. The van der Waals surface area contributed by atoms with Crippen LogP contribution in [0.15, 0.2) is 28.8 Å². The molecule has 0 unspecified atom stereocenters. The first-order valence-corrected chi connectivity index (χ1v) is 8.36. The van der Waals surface area contributed by atoms with Crippen molar-refractivity contribution >= 4 is 29.4 Å². The zero-order chi connectivity index (χ0) is 17.0. The Kier molecular flexibility index (Phi) is 5.60. The van der Waals surface area contributed by atoms with E-state index in [9.17, 15) is 14.4 Å². The number of hydrogen-bond donors (Lipinski definition) is 2. The average molecular weight is 333 g/mol. The number of ketones is 1. The number of carbonyl (C=O) groups excluding carboxylic acids is 2. The zero-order valence-electron chi connectivity index (χ0n) is 13.1. The Labute approximate surface area is 139 Å². The summed E-state index contributed by atoms with van der Waals surface area (Å²) in [5, 5.41) is 12.0. The van der Waals surface area contributed by atoms with Crippen molar-refractivity contribution in [1.82, 2.24) is 5.32 Å². The van der Waals surface area contributed by atoms with E-state index in [1.54, 1.807) is 6.07 Å². The van der Waals surface area contributed by atoms with E-state index >= 15 is 0 Å². The number of rotatable bonds is 6. The van der Waals surface area contributed by atoms with Crippen LogP contribution in [-0.2, 0) is 9.59 Å². The summed E-state index contributed by atoms with van der Waals surface area (Å²) in [6.07, 6.45) is 0.778. The van der Waals surface area contributed by atoms with Crippen LogP contribution in [0.1, 0.15) is 40.7 Å². The summed E-state index contributed by atoms with van der Waals surface area (Å²) in [7, 11) is 0. The van der Waals surface area contributed by atoms with Gasteiger partial charge in [-0.2, -0.15) is 0 Å². The molecule has 0 saturated heterocycles. The molecule has 23 heavy (non-hydrogen) atoms. The minimum Gasteiger partial charge on any atom is -0.481 e. The molecule has 0 bridgehead atoms. The van der Waals surface area contributed by atoms with Crippen molar-refractivity contribution in [3.63, 3.8) is 0 Å². The van der Waals surface area contributed by atoms with Gasteiger partial charge in [-0.15, -0.1) is 0 Å². The van der Waals surface area contributed by atoms with Gasteiger partial charge >= 0.3 is 5.97 Å². The minimum absolute atomic E-state index is 0.0137. The number of thioether (sulfide) groups is 1. The Morgan fingerprint density at radius 2 is 2.00 bits per heavy atom. The molecule has 0 atom stereocenters. The van der Waals surface area contributed by atoms with Crippen LogP contribution in [0, 0.1) is 13.8 Å². The maximum absolute atomic E-state index is 12.3. The van der Waals surface area contributed by atoms with Crippen molar-refractivity contribution in [3.8, 4) is 0 Å². The minimum atomic E-state index is -0.885. The third-order valence-corrected chi connectivity index (χ3v) is 4.82. The van der Waals surface area contributed by atoms with E-state index in [4.69, 9.17) is 5.11 Å². The van der Waals surface area contributed by atoms with Crippen LogP contribution in [0.2, 0.25) is 0 Å². The summed E-state index contributed by atoms with van der Waals surface area (Å²) >= 11 is 1.30. The summed E-state index contributed by atoms with van der Waals surface area (Å²) in [5.74, 6) is -0.869. The quantitative estimate of drug-likeness (QED) is 0.836. The maximum Gasteiger partial charge on any atom is 0.303 e. The van der Waals surface area contributed by atoms with Crippen LogP contribution >= 0.6 is 11.8 Å². The molecule has 1 aromatic rings. The summed E-state index contributed by atoms with van der Waals surface area (Å²) in [6, 6.07) is 5.46. The summed E-state index contributed by atoms with van der Waals surface area (Å²) in [6.45, 7) is 3.92. The largest absolute Gasteiger partial charge is 0.481 e. The van der Waals surface area contributed by atoms with Gasteiger partial charge in [0.25, 0.3) is 5.91 Å². The Morgan fingerprint density at radius 3 is 2.65 bits per heavy atom. The molecule has 1 aromatic carbocycles. The van der Waals surface area contributed by atoms with E-state index in [-0.39, 0.29) is 18.1 Å². The fraction of sp³-hybridized carbons (Fsp3) is 0.353. The van der Waals surface area contributed by atoms with Gasteiger partial charge in [-0.05, 0) is 49.9 Å². The summed E-state index contributed by atoms with van der Waals surface area (Å²) in [5.41, 5.74) is 3.22. The second-order valence-electron chi connectivity index (χ2n) is 5.52. The van der Waals surface area contributed by atoms with Gasteiger partial charge in [-0.3, -0.25) is 14.4 Å². The predicted octanol–water partition coefficient (Wildman–Crippen LogP) is 2.82. The fourth-order valence-electron chi connectivity index (χ4n) is 2.28. The fourth-order valence-corrected chi connectivity index (χ4v) is 3.28. The first kappa shape index (κ1) is 17.3. The lowest BCUT2D eigenvalue weighted by molar-refractivity contribution is -0.137. The molecule has 6 heteroatoms. The molecule has 0 aromatic heterocycles. The highest BCUT2D eigenvalue weighted by molar-refractivity contribution is 8.04. The van der Waals surface area contributed by atoms with Gasteiger partial charge in [0.2, 0.25) is 0 Å². The van der Waals surface area contributed by atoms with Crippen molar-refractivity contribution in [3.05, 3.63) is 45.5 Å². The Balaban J connectivity index is 2.10. The molecule has 1 amide bonds. The van der Waals surface area contributed by atoms with E-state index in [0.29, 0.717) is 34.8 Å². The van der Waals surface area contributed by atoms with Gasteiger partial charge in [0.1, 0.15) is 0 Å². The van der Waals surface area contributed by atoms with Gasteiger partial charge in [0, 0.05) is 17.6 Å². The van der Waals surface area contributed by atoms with Crippen LogP contribution < -0.4 is 5.32 Å². The van der Waals surface area contributed by atoms with Crippen LogP contribution in [0.4, 0.5) is 0 Å². The average Bonchev–Trinajstić information content (AvgIpc) is 2.82. The number of aliphatic carboxylic acids is 1. The van der Waals surface area contributed by atoms with Gasteiger partial charge < -0.3 is 10.4 Å². The molecule has 0 fully saturated rings. The first-order valence-electron chi connectivity index (χ1n) is 7.38. The first-order chi connectivity index (χ1) is 10.9. The molecule has 1 aliphatic heterocycles. The molecule has 0 radical (unpaired) electrons. The SMILES string of the molecule is Cc1ccc(C(=O)NC2=C(CCCC(=O)O)C(=O)CS2)cc1C. The number of amides is 1. The van der Waals surface area contributed by atoms with Crippen molar-refractivity contribution in [2.45, 2.75) is 33.1 Å². The molecule has 122 valence electrons. The summed E-state index contributed by atoms with van der Waals surface area (Å²) < 4.78 is 0. The van der Waals surface area contributed by atoms with E-state index < -0.39 is 5.97 Å². The summed E-state index contributed by atoms with van der Waals surface area (Å²) in [4.78, 5) is 34.8. The molecular weight excluding hydrogens is 314 g/mol. The Hall–Kier alpha value is -2.08. The number of carboxylic acid groups (broad SMARTS) is 1. The molecule has 1 heterocycles. The van der Waals surface area contributed by atoms with Crippen molar-refractivity contribution < 1.29 is 19.5 Å². The normalized spacial score (nSPS) is 14.3. The highest BCUT2D eigenvalue weighted by atomic mass is 32.2. The molecule has 0 aliphatic carbocycles. The van der Waals surface area contributed by atoms with Crippen molar-refractivity contribution in [2.24, 2.45) is 0 Å². The third-order valence-electron chi connectivity index (χ3n) is 3.77. The molecule has 1 aliphatic rings. The molecule has 2 N–H and O–H groups in total. The van der Waals surface area contributed by atoms with Crippen molar-refractivity contribution in [1.29, 1.82) is 0 Å². The molecule has 5 nitrogen and oxygen atoms in total. The number of benzene rings is 1. The molecule has 2 rings (SSSR count). The number of carbonyl (C=O) groups is 3. The van der Waals surface area contributed by atoms with E-state index in [2.05, 4.69) is 5.32 Å². The van der Waals surface area contributed by atoms with Gasteiger partial charge in [-0.25, -0.2) is 0 Å². The lowest BCUT2D eigenvalue weighted by Crippen LogP contribution is -2.22. The van der Waals surface area contributed by atoms with Gasteiger partial charge in [0.05, 0.1) is 10.8 Å². The van der Waals surface area contributed by atoms with Crippen LogP contribution in [0.5, 0.6) is 0 Å². The third kappa shape index (κ3) is 4.45. The molecular formula is C17H19NO4S. The Bertz CT molecular complexity index is 694.